The van der Waals surface area contributed by atoms with E-state index >= 15 is 0 Å². The van der Waals surface area contributed by atoms with Crippen molar-refractivity contribution < 1.29 is 0 Å². The average molecular weight is 264 g/mol. The molecule has 1 aromatic rings. The van der Waals surface area contributed by atoms with Gasteiger partial charge in [-0.3, -0.25) is 0 Å². The second kappa shape index (κ2) is 6.94. The molecule has 4 heteroatoms. The van der Waals surface area contributed by atoms with E-state index in [2.05, 4.69) is 46.7 Å². The van der Waals surface area contributed by atoms with Gasteiger partial charge in [-0.2, -0.15) is 0 Å². The van der Waals surface area contributed by atoms with Gasteiger partial charge < -0.3 is 14.8 Å². The molecule has 2 atom stereocenters. The quantitative estimate of drug-likeness (QED) is 0.857. The molecule has 2 unspecified atom stereocenters. The van der Waals surface area contributed by atoms with E-state index in [9.17, 15) is 0 Å². The fourth-order valence-electron chi connectivity index (χ4n) is 3.04. The van der Waals surface area contributed by atoms with Crippen LogP contribution in [0.4, 0.5) is 5.95 Å². The van der Waals surface area contributed by atoms with Crippen molar-refractivity contribution in [3.05, 3.63) is 12.4 Å². The molecule has 0 saturated carbocycles. The number of aromatic nitrogens is 2. The molecule has 1 aliphatic rings. The first kappa shape index (κ1) is 14.4. The molecule has 1 aromatic heterocycles. The zero-order chi connectivity index (χ0) is 13.7. The summed E-state index contributed by atoms with van der Waals surface area (Å²) < 4.78 is 2.25. The number of hydrogen-bond donors (Lipinski definition) is 1. The summed E-state index contributed by atoms with van der Waals surface area (Å²) in [4.78, 5) is 7.10. The lowest BCUT2D eigenvalue weighted by atomic mass is 9.96. The number of aryl methyl sites for hydroxylation is 1. The Labute approximate surface area is 117 Å². The van der Waals surface area contributed by atoms with Gasteiger partial charge in [0, 0.05) is 37.6 Å². The zero-order valence-electron chi connectivity index (χ0n) is 12.6. The van der Waals surface area contributed by atoms with Crippen molar-refractivity contribution in [3.63, 3.8) is 0 Å². The van der Waals surface area contributed by atoms with Gasteiger partial charge >= 0.3 is 0 Å². The Hall–Kier alpha value is -1.03. The van der Waals surface area contributed by atoms with Gasteiger partial charge in [-0.15, -0.1) is 0 Å². The van der Waals surface area contributed by atoms with E-state index in [-0.39, 0.29) is 0 Å². The molecule has 0 amide bonds. The molecule has 1 saturated heterocycles. The number of rotatable bonds is 6. The Morgan fingerprint density at radius 2 is 2.26 bits per heavy atom. The largest absolute Gasteiger partial charge is 0.338 e. The minimum absolute atomic E-state index is 0.530. The van der Waals surface area contributed by atoms with E-state index < -0.39 is 0 Å². The van der Waals surface area contributed by atoms with Crippen molar-refractivity contribution in [3.8, 4) is 0 Å². The molecule has 0 bridgehead atoms. The summed E-state index contributed by atoms with van der Waals surface area (Å²) in [5.74, 6) is 1.15. The molecule has 1 fully saturated rings. The highest BCUT2D eigenvalue weighted by Crippen LogP contribution is 2.25. The zero-order valence-corrected chi connectivity index (χ0v) is 12.6. The lowest BCUT2D eigenvalue weighted by Gasteiger charge is -2.40. The van der Waals surface area contributed by atoms with Crippen LogP contribution in [0.2, 0.25) is 0 Å². The first-order valence-electron chi connectivity index (χ1n) is 7.79. The summed E-state index contributed by atoms with van der Waals surface area (Å²) >= 11 is 0. The maximum absolute atomic E-state index is 4.58. The van der Waals surface area contributed by atoms with Crippen LogP contribution in [0.1, 0.15) is 46.5 Å². The minimum atomic E-state index is 0.530. The lowest BCUT2D eigenvalue weighted by molar-refractivity contribution is 0.361. The second-order valence-corrected chi connectivity index (χ2v) is 5.51. The molecular formula is C15H28N4. The van der Waals surface area contributed by atoms with Gasteiger partial charge in [0.15, 0.2) is 0 Å². The standard InChI is InChI=1S/C15H28N4/c1-4-9-16-13(3)14-8-6-7-11-19(14)15-17-10-12-18(15)5-2/h10,12-14,16H,4-9,11H2,1-3H3. The molecule has 0 aromatic carbocycles. The first-order valence-corrected chi connectivity index (χ1v) is 7.79. The van der Waals surface area contributed by atoms with Gasteiger partial charge in [0.05, 0.1) is 0 Å². The van der Waals surface area contributed by atoms with Crippen molar-refractivity contribution in [2.24, 2.45) is 0 Å². The van der Waals surface area contributed by atoms with E-state index in [0.29, 0.717) is 12.1 Å². The molecule has 4 nitrogen and oxygen atoms in total. The van der Waals surface area contributed by atoms with Crippen molar-refractivity contribution in [2.45, 2.75) is 65.1 Å². The molecule has 1 aliphatic heterocycles. The summed E-state index contributed by atoms with van der Waals surface area (Å²) in [6.07, 6.45) is 9.11. The van der Waals surface area contributed by atoms with E-state index in [1.165, 1.54) is 25.7 Å². The van der Waals surface area contributed by atoms with E-state index in [1.807, 2.05) is 6.20 Å². The number of imidazole rings is 1. The van der Waals surface area contributed by atoms with Crippen LogP contribution in [0.3, 0.4) is 0 Å². The topological polar surface area (TPSA) is 33.1 Å². The Morgan fingerprint density at radius 3 is 3.00 bits per heavy atom. The van der Waals surface area contributed by atoms with Crippen LogP contribution in [-0.4, -0.2) is 34.7 Å². The third kappa shape index (κ3) is 3.30. The van der Waals surface area contributed by atoms with Crippen LogP contribution in [0, 0.1) is 0 Å². The summed E-state index contributed by atoms with van der Waals surface area (Å²) in [7, 11) is 0. The van der Waals surface area contributed by atoms with Crippen molar-refractivity contribution >= 4 is 5.95 Å². The van der Waals surface area contributed by atoms with Crippen LogP contribution < -0.4 is 10.2 Å². The number of nitrogens with zero attached hydrogens (tertiary/aromatic N) is 3. The summed E-state index contributed by atoms with van der Waals surface area (Å²) in [5, 5.41) is 3.65. The Morgan fingerprint density at radius 1 is 1.42 bits per heavy atom. The third-order valence-corrected chi connectivity index (χ3v) is 4.13. The van der Waals surface area contributed by atoms with E-state index in [0.717, 1.165) is 25.6 Å². The van der Waals surface area contributed by atoms with Crippen LogP contribution in [0.25, 0.3) is 0 Å². The van der Waals surface area contributed by atoms with Crippen LogP contribution in [-0.2, 0) is 6.54 Å². The average Bonchev–Trinajstić information content (AvgIpc) is 2.93. The molecule has 19 heavy (non-hydrogen) atoms. The summed E-state index contributed by atoms with van der Waals surface area (Å²) in [6, 6.07) is 1.11. The van der Waals surface area contributed by atoms with Crippen LogP contribution in [0.5, 0.6) is 0 Å². The van der Waals surface area contributed by atoms with E-state index in [4.69, 9.17) is 0 Å². The Kier molecular flexibility index (Phi) is 5.25. The van der Waals surface area contributed by atoms with Gasteiger partial charge in [-0.25, -0.2) is 4.98 Å². The predicted octanol–water partition coefficient (Wildman–Crippen LogP) is 2.65. The van der Waals surface area contributed by atoms with Gasteiger partial charge in [0.25, 0.3) is 0 Å². The SMILES string of the molecule is CCCNC(C)C1CCCCN1c1nccn1CC. The van der Waals surface area contributed by atoms with Crippen molar-refractivity contribution in [1.29, 1.82) is 0 Å². The summed E-state index contributed by atoms with van der Waals surface area (Å²) in [6.45, 7) is 9.96. The number of hydrogen-bond acceptors (Lipinski definition) is 3. The minimum Gasteiger partial charge on any atom is -0.338 e. The van der Waals surface area contributed by atoms with Gasteiger partial charge in [-0.1, -0.05) is 6.92 Å². The highest BCUT2D eigenvalue weighted by Gasteiger charge is 2.29. The number of anilines is 1. The Balaban J connectivity index is 2.11. The molecular weight excluding hydrogens is 236 g/mol. The second-order valence-electron chi connectivity index (χ2n) is 5.51. The number of piperidine rings is 1. The monoisotopic (exact) mass is 264 g/mol. The molecule has 2 heterocycles. The maximum atomic E-state index is 4.58. The fourth-order valence-corrected chi connectivity index (χ4v) is 3.04. The highest BCUT2D eigenvalue weighted by atomic mass is 15.3. The van der Waals surface area contributed by atoms with Crippen molar-refractivity contribution in [2.75, 3.05) is 18.0 Å². The van der Waals surface area contributed by atoms with Gasteiger partial charge in [0.2, 0.25) is 5.95 Å². The maximum Gasteiger partial charge on any atom is 0.205 e. The molecule has 2 rings (SSSR count). The molecule has 0 aliphatic carbocycles. The third-order valence-electron chi connectivity index (χ3n) is 4.13. The first-order chi connectivity index (χ1) is 9.27. The number of nitrogens with one attached hydrogen (secondary N) is 1. The molecule has 0 radical (unpaired) electrons. The Bertz CT molecular complexity index is 374. The lowest BCUT2D eigenvalue weighted by Crippen LogP contribution is -2.52. The normalized spacial score (nSPS) is 21.6. The predicted molar refractivity (Wildman–Crippen MR) is 80.6 cm³/mol. The molecule has 1 N–H and O–H groups in total. The van der Waals surface area contributed by atoms with E-state index in [1.54, 1.807) is 0 Å². The highest BCUT2D eigenvalue weighted by molar-refractivity contribution is 5.34. The molecule has 0 spiro atoms. The van der Waals surface area contributed by atoms with Gasteiger partial charge in [0.1, 0.15) is 0 Å². The fraction of sp³-hybridized carbons (Fsp3) is 0.800. The smallest absolute Gasteiger partial charge is 0.205 e. The van der Waals surface area contributed by atoms with Crippen molar-refractivity contribution in [1.82, 2.24) is 14.9 Å². The van der Waals surface area contributed by atoms with Crippen LogP contribution >= 0.6 is 0 Å². The summed E-state index contributed by atoms with van der Waals surface area (Å²) in [5.41, 5.74) is 0. The van der Waals surface area contributed by atoms with Crippen LogP contribution in [0.15, 0.2) is 12.4 Å². The van der Waals surface area contributed by atoms with Gasteiger partial charge in [-0.05, 0) is 46.1 Å². The molecule has 108 valence electrons.